The zero-order valence-corrected chi connectivity index (χ0v) is 14.6. The van der Waals surface area contributed by atoms with Gasteiger partial charge in [0.1, 0.15) is 12.4 Å². The third-order valence-corrected chi connectivity index (χ3v) is 4.06. The molecule has 0 bridgehead atoms. The topological polar surface area (TPSA) is 95.8 Å². The monoisotopic (exact) mass is 354 g/mol. The number of ether oxygens (including phenoxy) is 1. The standard InChI is InChI=1S/C22H18N4O/c23-13-16-4-6-17(7-5-16)15-27-20-3-1-2-19(12-20)22(25)21(14-24)18-8-10-26-11-9-18/h1-12,14,24H,15,25H2. The van der Waals surface area contributed by atoms with Crippen LogP contribution in [-0.2, 0) is 6.61 Å². The predicted octanol–water partition coefficient (Wildman–Crippen LogP) is 4.01. The Hall–Kier alpha value is -3.91. The molecule has 0 fully saturated rings. The highest BCUT2D eigenvalue weighted by Gasteiger charge is 2.08. The number of benzene rings is 2. The zero-order chi connectivity index (χ0) is 19.1. The normalized spacial score (nSPS) is 11.2. The second-order valence-electron chi connectivity index (χ2n) is 5.83. The Morgan fingerprint density at radius 2 is 1.81 bits per heavy atom. The van der Waals surface area contributed by atoms with E-state index in [-0.39, 0.29) is 0 Å². The van der Waals surface area contributed by atoms with Crippen LogP contribution < -0.4 is 10.5 Å². The quantitative estimate of drug-likeness (QED) is 0.654. The maximum Gasteiger partial charge on any atom is 0.120 e. The van der Waals surface area contributed by atoms with Gasteiger partial charge < -0.3 is 15.9 Å². The molecule has 3 rings (SSSR count). The summed E-state index contributed by atoms with van der Waals surface area (Å²) in [5.74, 6) is 0.680. The van der Waals surface area contributed by atoms with E-state index in [1.54, 1.807) is 24.5 Å². The van der Waals surface area contributed by atoms with Crippen LogP contribution in [0.5, 0.6) is 5.75 Å². The molecule has 1 aromatic heterocycles. The number of aromatic nitrogens is 1. The van der Waals surface area contributed by atoms with Gasteiger partial charge in [0.25, 0.3) is 0 Å². The van der Waals surface area contributed by atoms with E-state index in [4.69, 9.17) is 21.1 Å². The highest BCUT2D eigenvalue weighted by Crippen LogP contribution is 2.24. The lowest BCUT2D eigenvalue weighted by atomic mass is 10.0. The Kier molecular flexibility index (Phi) is 5.60. The van der Waals surface area contributed by atoms with Gasteiger partial charge in [0.15, 0.2) is 0 Å². The highest BCUT2D eigenvalue weighted by molar-refractivity contribution is 6.17. The van der Waals surface area contributed by atoms with Gasteiger partial charge in [0, 0.05) is 35.4 Å². The number of nitrogens with zero attached hydrogens (tertiary/aromatic N) is 2. The molecule has 0 aliphatic carbocycles. The van der Waals surface area contributed by atoms with Gasteiger partial charge >= 0.3 is 0 Å². The molecule has 0 atom stereocenters. The molecule has 0 saturated carbocycles. The number of nitriles is 1. The van der Waals surface area contributed by atoms with Gasteiger partial charge in [-0.1, -0.05) is 24.3 Å². The zero-order valence-electron chi connectivity index (χ0n) is 14.6. The molecule has 3 N–H and O–H groups in total. The summed E-state index contributed by atoms with van der Waals surface area (Å²) in [5.41, 5.74) is 10.6. The SMILES string of the molecule is N#Cc1ccc(COc2cccc(C(N)=C(C=N)c3ccncc3)c2)cc1. The number of rotatable bonds is 6. The molecule has 3 aromatic rings. The molecule has 1 heterocycles. The predicted molar refractivity (Wildman–Crippen MR) is 106 cm³/mol. The summed E-state index contributed by atoms with van der Waals surface area (Å²) >= 11 is 0. The minimum absolute atomic E-state index is 0.389. The van der Waals surface area contributed by atoms with Crippen LogP contribution in [0.25, 0.3) is 11.3 Å². The van der Waals surface area contributed by atoms with Crippen LogP contribution in [0.3, 0.4) is 0 Å². The summed E-state index contributed by atoms with van der Waals surface area (Å²) in [6, 6.07) is 20.5. The van der Waals surface area contributed by atoms with E-state index in [2.05, 4.69) is 11.1 Å². The van der Waals surface area contributed by atoms with E-state index in [9.17, 15) is 0 Å². The van der Waals surface area contributed by atoms with Gasteiger partial charge in [-0.3, -0.25) is 4.98 Å². The summed E-state index contributed by atoms with van der Waals surface area (Å²) in [5, 5.41) is 16.6. The summed E-state index contributed by atoms with van der Waals surface area (Å²) in [6.07, 6.45) is 4.58. The van der Waals surface area contributed by atoms with Crippen LogP contribution in [0.4, 0.5) is 0 Å². The minimum Gasteiger partial charge on any atom is -0.489 e. The number of pyridine rings is 1. The van der Waals surface area contributed by atoms with Crippen LogP contribution in [-0.4, -0.2) is 11.2 Å². The summed E-state index contributed by atoms with van der Waals surface area (Å²) in [6.45, 7) is 0.389. The van der Waals surface area contributed by atoms with E-state index < -0.39 is 0 Å². The maximum absolute atomic E-state index is 8.85. The van der Waals surface area contributed by atoms with Crippen molar-refractivity contribution in [1.29, 1.82) is 10.7 Å². The molecule has 27 heavy (non-hydrogen) atoms. The highest BCUT2D eigenvalue weighted by atomic mass is 16.5. The van der Waals surface area contributed by atoms with Crippen molar-refractivity contribution in [2.75, 3.05) is 0 Å². The van der Waals surface area contributed by atoms with Crippen LogP contribution in [0, 0.1) is 16.7 Å². The van der Waals surface area contributed by atoms with Crippen molar-refractivity contribution in [3.05, 3.63) is 95.3 Å². The third kappa shape index (κ3) is 4.39. The molecular weight excluding hydrogens is 336 g/mol. The fraction of sp³-hybridized carbons (Fsp3) is 0.0455. The van der Waals surface area contributed by atoms with E-state index in [0.717, 1.165) is 16.7 Å². The Labute approximate surface area is 157 Å². The molecule has 5 heteroatoms. The third-order valence-electron chi connectivity index (χ3n) is 4.06. The second kappa shape index (κ2) is 8.45. The number of allylic oxidation sites excluding steroid dienone is 1. The number of hydrogen-bond acceptors (Lipinski definition) is 5. The average molecular weight is 354 g/mol. The van der Waals surface area contributed by atoms with Crippen molar-refractivity contribution in [3.63, 3.8) is 0 Å². The first-order valence-electron chi connectivity index (χ1n) is 8.34. The van der Waals surface area contributed by atoms with Crippen LogP contribution >= 0.6 is 0 Å². The van der Waals surface area contributed by atoms with Gasteiger partial charge in [-0.25, -0.2) is 0 Å². The van der Waals surface area contributed by atoms with Crippen LogP contribution in [0.2, 0.25) is 0 Å². The van der Waals surface area contributed by atoms with Gasteiger partial charge in [-0.2, -0.15) is 5.26 Å². The summed E-state index contributed by atoms with van der Waals surface area (Å²) < 4.78 is 5.85. The Balaban J connectivity index is 1.81. The molecule has 0 saturated heterocycles. The minimum atomic E-state index is 0.389. The maximum atomic E-state index is 8.85. The lowest BCUT2D eigenvalue weighted by Gasteiger charge is -2.11. The van der Waals surface area contributed by atoms with Crippen molar-refractivity contribution in [2.24, 2.45) is 5.73 Å². The Morgan fingerprint density at radius 1 is 1.07 bits per heavy atom. The van der Waals surface area contributed by atoms with Crippen LogP contribution in [0.15, 0.2) is 73.1 Å². The summed E-state index contributed by atoms with van der Waals surface area (Å²) in [4.78, 5) is 4.00. The second-order valence-corrected chi connectivity index (χ2v) is 5.83. The van der Waals surface area contributed by atoms with Crippen molar-refractivity contribution >= 4 is 17.5 Å². The van der Waals surface area contributed by atoms with Crippen LogP contribution in [0.1, 0.15) is 22.3 Å². The first-order valence-corrected chi connectivity index (χ1v) is 8.34. The largest absolute Gasteiger partial charge is 0.489 e. The van der Waals surface area contributed by atoms with Crippen molar-refractivity contribution in [3.8, 4) is 11.8 Å². The number of hydrogen-bond donors (Lipinski definition) is 2. The molecule has 5 nitrogen and oxygen atoms in total. The van der Waals surface area contributed by atoms with Crippen molar-refractivity contribution in [1.82, 2.24) is 4.98 Å². The molecule has 0 amide bonds. The fourth-order valence-electron chi connectivity index (χ4n) is 2.60. The van der Waals surface area contributed by atoms with Gasteiger partial charge in [0.2, 0.25) is 0 Å². The van der Waals surface area contributed by atoms with Gasteiger partial charge in [-0.15, -0.1) is 0 Å². The molecule has 0 spiro atoms. The molecule has 0 radical (unpaired) electrons. The number of nitrogens with one attached hydrogen (secondary N) is 1. The van der Waals surface area contributed by atoms with E-state index in [1.807, 2.05) is 48.5 Å². The molecule has 0 unspecified atom stereocenters. The number of nitrogens with two attached hydrogens (primary N) is 1. The molecule has 132 valence electrons. The first-order chi connectivity index (χ1) is 13.2. The summed E-state index contributed by atoms with van der Waals surface area (Å²) in [7, 11) is 0. The molecule has 0 aliphatic rings. The Bertz CT molecular complexity index is 1000. The molecule has 0 aliphatic heterocycles. The van der Waals surface area contributed by atoms with E-state index in [1.165, 1.54) is 6.21 Å². The van der Waals surface area contributed by atoms with E-state index in [0.29, 0.717) is 29.2 Å². The lowest BCUT2D eigenvalue weighted by molar-refractivity contribution is 0.306. The fourth-order valence-corrected chi connectivity index (χ4v) is 2.60. The molecule has 2 aromatic carbocycles. The average Bonchev–Trinajstić information content (AvgIpc) is 2.74. The Morgan fingerprint density at radius 3 is 2.48 bits per heavy atom. The van der Waals surface area contributed by atoms with Crippen molar-refractivity contribution in [2.45, 2.75) is 6.61 Å². The van der Waals surface area contributed by atoms with Gasteiger partial charge in [0.05, 0.1) is 11.6 Å². The van der Waals surface area contributed by atoms with E-state index >= 15 is 0 Å². The smallest absolute Gasteiger partial charge is 0.120 e. The van der Waals surface area contributed by atoms with Crippen molar-refractivity contribution < 1.29 is 4.74 Å². The first kappa shape index (κ1) is 17.9. The lowest BCUT2D eigenvalue weighted by Crippen LogP contribution is -2.03. The molecular formula is C22H18N4O. The van der Waals surface area contributed by atoms with Gasteiger partial charge in [-0.05, 0) is 47.5 Å².